The van der Waals surface area contributed by atoms with Gasteiger partial charge in [-0.3, -0.25) is 0 Å². The van der Waals surface area contributed by atoms with Crippen LogP contribution in [0.15, 0.2) is 102 Å². The molecule has 0 aliphatic heterocycles. The Hall–Kier alpha value is -4.38. The molecule has 1 aromatic heterocycles. The lowest BCUT2D eigenvalue weighted by molar-refractivity contribution is 0.252. The first-order chi connectivity index (χ1) is 16.2. The van der Waals surface area contributed by atoms with Crippen molar-refractivity contribution >= 4 is 39.6 Å². The molecule has 0 unspecified atom stereocenters. The number of hydrogen-bond donors (Lipinski definition) is 2. The molecule has 0 saturated heterocycles. The Morgan fingerprint density at radius 1 is 0.909 bits per heavy atom. The number of hydrogen-bond acceptors (Lipinski definition) is 2. The Morgan fingerprint density at radius 3 is 2.55 bits per heavy atom. The first-order valence-corrected chi connectivity index (χ1v) is 10.9. The smallest absolute Gasteiger partial charge is 0.339 e. The molecule has 0 bridgehead atoms. The maximum absolute atomic E-state index is 12.2. The van der Waals surface area contributed by atoms with Crippen LogP contribution in [0.3, 0.4) is 0 Å². The quantitative estimate of drug-likeness (QED) is 0.248. The van der Waals surface area contributed by atoms with Gasteiger partial charge in [0.1, 0.15) is 0 Å². The lowest BCUT2D eigenvalue weighted by Gasteiger charge is -2.07. The lowest BCUT2D eigenvalue weighted by atomic mass is 10.1. The summed E-state index contributed by atoms with van der Waals surface area (Å²) in [6.45, 7) is 2.70. The Morgan fingerprint density at radius 2 is 1.67 bits per heavy atom. The van der Waals surface area contributed by atoms with E-state index in [1.165, 1.54) is 16.3 Å². The van der Waals surface area contributed by atoms with E-state index in [4.69, 9.17) is 0 Å². The molecule has 0 atom stereocenters. The molecular formula is C28H24N4O. The van der Waals surface area contributed by atoms with Crippen molar-refractivity contribution in [3.05, 3.63) is 114 Å². The van der Waals surface area contributed by atoms with Gasteiger partial charge in [-0.25, -0.2) is 10.2 Å². The fourth-order valence-electron chi connectivity index (χ4n) is 4.07. The van der Waals surface area contributed by atoms with Gasteiger partial charge < -0.3 is 9.88 Å². The minimum Gasteiger partial charge on any atom is -0.342 e. The van der Waals surface area contributed by atoms with Crippen LogP contribution in [-0.2, 0) is 6.54 Å². The van der Waals surface area contributed by atoms with E-state index >= 15 is 0 Å². The topological polar surface area (TPSA) is 58.4 Å². The van der Waals surface area contributed by atoms with Crippen LogP contribution in [0.1, 0.15) is 16.7 Å². The number of carbonyl (C=O) groups is 1. The molecule has 33 heavy (non-hydrogen) atoms. The summed E-state index contributed by atoms with van der Waals surface area (Å²) in [5.74, 6) is 0. The molecule has 5 rings (SSSR count). The number of urea groups is 1. The van der Waals surface area contributed by atoms with E-state index in [2.05, 4.69) is 81.2 Å². The predicted octanol–water partition coefficient (Wildman–Crippen LogP) is 6.31. The zero-order valence-electron chi connectivity index (χ0n) is 18.3. The molecule has 2 N–H and O–H groups in total. The van der Waals surface area contributed by atoms with Gasteiger partial charge in [0, 0.05) is 34.9 Å². The molecular weight excluding hydrogens is 408 g/mol. The van der Waals surface area contributed by atoms with E-state index in [1.807, 2.05) is 43.3 Å². The summed E-state index contributed by atoms with van der Waals surface area (Å²) < 4.78 is 2.22. The minimum absolute atomic E-state index is 0.375. The third-order valence-corrected chi connectivity index (χ3v) is 5.75. The van der Waals surface area contributed by atoms with Crippen LogP contribution in [0.5, 0.6) is 0 Å². The second-order valence-corrected chi connectivity index (χ2v) is 8.05. The molecule has 0 spiro atoms. The van der Waals surface area contributed by atoms with Crippen molar-refractivity contribution in [1.82, 2.24) is 9.99 Å². The molecule has 2 amide bonds. The third kappa shape index (κ3) is 4.48. The number of anilines is 1. The minimum atomic E-state index is -0.375. The number of nitrogens with one attached hydrogen (secondary N) is 2. The number of para-hydroxylation sites is 2. The molecule has 4 aromatic carbocycles. The van der Waals surface area contributed by atoms with E-state index in [-0.39, 0.29) is 6.03 Å². The summed E-state index contributed by atoms with van der Waals surface area (Å²) in [4.78, 5) is 12.2. The highest BCUT2D eigenvalue weighted by atomic mass is 16.2. The molecule has 1 heterocycles. The highest BCUT2D eigenvalue weighted by Crippen LogP contribution is 2.23. The summed E-state index contributed by atoms with van der Waals surface area (Å²) in [6.07, 6.45) is 3.76. The number of fused-ring (bicyclic) bond motifs is 2. The van der Waals surface area contributed by atoms with Gasteiger partial charge in [-0.2, -0.15) is 5.10 Å². The summed E-state index contributed by atoms with van der Waals surface area (Å²) in [6, 6.07) is 30.4. The molecule has 0 saturated carbocycles. The van der Waals surface area contributed by atoms with E-state index in [9.17, 15) is 4.79 Å². The first-order valence-electron chi connectivity index (χ1n) is 10.9. The van der Waals surface area contributed by atoms with Gasteiger partial charge in [0.25, 0.3) is 0 Å². The van der Waals surface area contributed by atoms with Crippen LogP contribution in [0.25, 0.3) is 21.7 Å². The SMILES string of the molecule is Cc1ccccc1NC(=O)NN=Cc1cn(Cc2ccc3ccccc3c2)c2ccccc12. The number of benzene rings is 4. The molecule has 5 aromatic rings. The van der Waals surface area contributed by atoms with Crippen molar-refractivity contribution < 1.29 is 4.79 Å². The summed E-state index contributed by atoms with van der Waals surface area (Å²) >= 11 is 0. The number of rotatable bonds is 5. The van der Waals surface area contributed by atoms with Crippen molar-refractivity contribution in [2.45, 2.75) is 13.5 Å². The summed E-state index contributed by atoms with van der Waals surface area (Å²) in [5.41, 5.74) is 7.61. The van der Waals surface area contributed by atoms with Gasteiger partial charge in [0.05, 0.1) is 6.21 Å². The highest BCUT2D eigenvalue weighted by Gasteiger charge is 2.08. The Balaban J connectivity index is 1.35. The molecule has 5 heteroatoms. The number of aromatic nitrogens is 1. The number of amides is 2. The number of hydrazone groups is 1. The fourth-order valence-corrected chi connectivity index (χ4v) is 4.07. The van der Waals surface area contributed by atoms with E-state index < -0.39 is 0 Å². The van der Waals surface area contributed by atoms with E-state index in [0.29, 0.717) is 0 Å². The van der Waals surface area contributed by atoms with Crippen molar-refractivity contribution in [3.8, 4) is 0 Å². The van der Waals surface area contributed by atoms with Crippen molar-refractivity contribution in [2.24, 2.45) is 5.10 Å². The van der Waals surface area contributed by atoms with Crippen molar-refractivity contribution in [3.63, 3.8) is 0 Å². The zero-order valence-corrected chi connectivity index (χ0v) is 18.3. The Labute approximate surface area is 192 Å². The highest BCUT2D eigenvalue weighted by molar-refractivity contribution is 6.00. The molecule has 0 radical (unpaired) electrons. The largest absolute Gasteiger partial charge is 0.342 e. The van der Waals surface area contributed by atoms with Crippen LogP contribution in [0, 0.1) is 6.92 Å². The molecule has 162 valence electrons. The van der Waals surface area contributed by atoms with Gasteiger partial charge in [-0.05, 0) is 47.0 Å². The van der Waals surface area contributed by atoms with Gasteiger partial charge in [-0.1, -0.05) is 72.8 Å². The van der Waals surface area contributed by atoms with Crippen LogP contribution in [0.4, 0.5) is 10.5 Å². The fraction of sp³-hybridized carbons (Fsp3) is 0.0714. The van der Waals surface area contributed by atoms with Crippen LogP contribution < -0.4 is 10.7 Å². The predicted molar refractivity (Wildman–Crippen MR) is 136 cm³/mol. The van der Waals surface area contributed by atoms with Crippen LogP contribution in [-0.4, -0.2) is 16.8 Å². The summed E-state index contributed by atoms with van der Waals surface area (Å²) in [7, 11) is 0. The number of aryl methyl sites for hydroxylation is 1. The van der Waals surface area contributed by atoms with Gasteiger partial charge in [0.15, 0.2) is 0 Å². The molecule has 0 aliphatic rings. The second kappa shape index (κ2) is 9.01. The average Bonchev–Trinajstić information content (AvgIpc) is 3.18. The monoisotopic (exact) mass is 432 g/mol. The van der Waals surface area contributed by atoms with Gasteiger partial charge in [0.2, 0.25) is 0 Å². The Kier molecular flexibility index (Phi) is 5.60. The number of carbonyl (C=O) groups excluding carboxylic acids is 1. The first kappa shape index (κ1) is 20.5. The average molecular weight is 433 g/mol. The van der Waals surface area contributed by atoms with Crippen LogP contribution >= 0.6 is 0 Å². The van der Waals surface area contributed by atoms with E-state index in [0.717, 1.165) is 34.3 Å². The number of nitrogens with zero attached hydrogens (tertiary/aromatic N) is 2. The molecule has 0 fully saturated rings. The standard InChI is InChI=1S/C28H24N4O/c1-20-8-2-6-12-26(20)30-28(33)31-29-17-24-19-32(27-13-7-5-11-25(24)27)18-21-14-15-22-9-3-4-10-23(22)16-21/h2-17,19H,18H2,1H3,(H2,30,31,33). The zero-order chi connectivity index (χ0) is 22.6. The van der Waals surface area contributed by atoms with Crippen LogP contribution in [0.2, 0.25) is 0 Å². The van der Waals surface area contributed by atoms with Crippen molar-refractivity contribution in [2.75, 3.05) is 5.32 Å². The van der Waals surface area contributed by atoms with Gasteiger partial charge >= 0.3 is 6.03 Å². The summed E-state index contributed by atoms with van der Waals surface area (Å²) in [5, 5.41) is 10.6. The molecule has 0 aliphatic carbocycles. The second-order valence-electron chi connectivity index (χ2n) is 8.05. The van der Waals surface area contributed by atoms with Gasteiger partial charge in [-0.15, -0.1) is 0 Å². The maximum atomic E-state index is 12.2. The Bertz CT molecular complexity index is 1480. The maximum Gasteiger partial charge on any atom is 0.339 e. The third-order valence-electron chi connectivity index (χ3n) is 5.75. The lowest BCUT2D eigenvalue weighted by Crippen LogP contribution is -2.24. The van der Waals surface area contributed by atoms with E-state index in [1.54, 1.807) is 6.21 Å². The van der Waals surface area contributed by atoms with Crippen molar-refractivity contribution in [1.29, 1.82) is 0 Å². The normalized spacial score (nSPS) is 11.3. The molecule has 5 nitrogen and oxygen atoms in total.